The third-order valence-corrected chi connectivity index (χ3v) is 4.31. The molecule has 1 aliphatic heterocycles. The fraction of sp³-hybridized carbons (Fsp3) is 0.316. The van der Waals surface area contributed by atoms with Crippen molar-refractivity contribution in [2.24, 2.45) is 0 Å². The van der Waals surface area contributed by atoms with Gasteiger partial charge in [0.25, 0.3) is 0 Å². The Morgan fingerprint density at radius 1 is 1.15 bits per heavy atom. The summed E-state index contributed by atoms with van der Waals surface area (Å²) in [5.41, 5.74) is 2.41. The van der Waals surface area contributed by atoms with E-state index in [0.717, 1.165) is 30.2 Å². The zero-order valence-electron chi connectivity index (χ0n) is 15.1. The molecule has 3 N–H and O–H groups in total. The number of benzene rings is 1. The molecule has 0 atom stereocenters. The zero-order valence-corrected chi connectivity index (χ0v) is 15.1. The second-order valence-electron chi connectivity index (χ2n) is 6.21. The Morgan fingerprint density at radius 2 is 1.85 bits per heavy atom. The average Bonchev–Trinajstić information content (AvgIpc) is 2.69. The normalized spacial score (nSPS) is 13.9. The van der Waals surface area contributed by atoms with E-state index in [9.17, 15) is 9.59 Å². The van der Waals surface area contributed by atoms with Crippen molar-refractivity contribution in [3.63, 3.8) is 0 Å². The maximum atomic E-state index is 12.1. The number of nitrogens with one attached hydrogen (secondary N) is 2. The fourth-order valence-corrected chi connectivity index (χ4v) is 2.76. The average molecular weight is 370 g/mol. The standard InChI is InChI=1S/C19H22N4O4/c1-13-16(6-7-17(21-13)23-8-10-27-11-9-23)22-19(26)20-12-14-2-4-15(5-3-14)18(24)25/h2-7H,8-12H2,1H3,(H,24,25)(H2,20,22,26). The van der Waals surface area contributed by atoms with Crippen LogP contribution >= 0.6 is 0 Å². The van der Waals surface area contributed by atoms with Gasteiger partial charge in [-0.1, -0.05) is 12.1 Å². The van der Waals surface area contributed by atoms with E-state index in [1.165, 1.54) is 12.1 Å². The summed E-state index contributed by atoms with van der Waals surface area (Å²) in [7, 11) is 0. The molecule has 8 nitrogen and oxygen atoms in total. The SMILES string of the molecule is Cc1nc(N2CCOCC2)ccc1NC(=O)NCc1ccc(C(=O)O)cc1. The molecule has 8 heteroatoms. The molecule has 27 heavy (non-hydrogen) atoms. The summed E-state index contributed by atoms with van der Waals surface area (Å²) in [5.74, 6) is -0.101. The number of ether oxygens (including phenoxy) is 1. The number of morpholine rings is 1. The van der Waals surface area contributed by atoms with Crippen LogP contribution in [0.4, 0.5) is 16.3 Å². The largest absolute Gasteiger partial charge is 0.478 e. The smallest absolute Gasteiger partial charge is 0.335 e. The number of carbonyl (C=O) groups excluding carboxylic acids is 1. The molecule has 142 valence electrons. The van der Waals surface area contributed by atoms with Crippen LogP contribution < -0.4 is 15.5 Å². The predicted octanol–water partition coefficient (Wildman–Crippen LogP) is 2.25. The van der Waals surface area contributed by atoms with Gasteiger partial charge < -0.3 is 25.4 Å². The number of hydrogen-bond donors (Lipinski definition) is 3. The molecule has 0 unspecified atom stereocenters. The van der Waals surface area contributed by atoms with Crippen LogP contribution in [0.2, 0.25) is 0 Å². The van der Waals surface area contributed by atoms with Crippen LogP contribution in [0.5, 0.6) is 0 Å². The Kier molecular flexibility index (Phi) is 5.87. The number of amides is 2. The van der Waals surface area contributed by atoms with Gasteiger partial charge in [-0.2, -0.15) is 0 Å². The highest BCUT2D eigenvalue weighted by Gasteiger charge is 2.14. The number of urea groups is 1. The summed E-state index contributed by atoms with van der Waals surface area (Å²) in [4.78, 5) is 29.7. The van der Waals surface area contributed by atoms with Gasteiger partial charge in [0, 0.05) is 19.6 Å². The van der Waals surface area contributed by atoms with E-state index in [2.05, 4.69) is 20.5 Å². The Balaban J connectivity index is 1.54. The topological polar surface area (TPSA) is 104 Å². The molecule has 0 radical (unpaired) electrons. The van der Waals surface area contributed by atoms with Gasteiger partial charge in [0.15, 0.2) is 0 Å². The highest BCUT2D eigenvalue weighted by Crippen LogP contribution is 2.19. The van der Waals surface area contributed by atoms with Crippen molar-refractivity contribution in [1.29, 1.82) is 0 Å². The molecule has 2 amide bonds. The van der Waals surface area contributed by atoms with E-state index < -0.39 is 5.97 Å². The van der Waals surface area contributed by atoms with Crippen molar-refractivity contribution in [3.05, 3.63) is 53.2 Å². The molecule has 0 bridgehead atoms. The van der Waals surface area contributed by atoms with E-state index >= 15 is 0 Å². The molecule has 1 saturated heterocycles. The van der Waals surface area contributed by atoms with E-state index in [0.29, 0.717) is 25.4 Å². The van der Waals surface area contributed by atoms with Gasteiger partial charge in [-0.3, -0.25) is 0 Å². The molecule has 1 fully saturated rings. The van der Waals surface area contributed by atoms with Gasteiger partial charge in [0.05, 0.1) is 30.2 Å². The monoisotopic (exact) mass is 370 g/mol. The molecule has 0 saturated carbocycles. The first-order valence-electron chi connectivity index (χ1n) is 8.70. The van der Waals surface area contributed by atoms with E-state index in [1.807, 2.05) is 19.1 Å². The second kappa shape index (κ2) is 8.50. The third-order valence-electron chi connectivity index (χ3n) is 4.31. The lowest BCUT2D eigenvalue weighted by atomic mass is 10.1. The number of aromatic carboxylic acids is 1. The number of anilines is 2. The summed E-state index contributed by atoms with van der Waals surface area (Å²) in [6.45, 7) is 5.14. The van der Waals surface area contributed by atoms with Crippen molar-refractivity contribution in [2.75, 3.05) is 36.5 Å². The highest BCUT2D eigenvalue weighted by molar-refractivity contribution is 5.90. The molecular formula is C19H22N4O4. The highest BCUT2D eigenvalue weighted by atomic mass is 16.5. The van der Waals surface area contributed by atoms with Gasteiger partial charge >= 0.3 is 12.0 Å². The number of carboxylic acids is 1. The van der Waals surface area contributed by atoms with Crippen LogP contribution in [0.25, 0.3) is 0 Å². The van der Waals surface area contributed by atoms with E-state index in [-0.39, 0.29) is 11.6 Å². The summed E-state index contributed by atoms with van der Waals surface area (Å²) in [6, 6.07) is 9.75. The molecular weight excluding hydrogens is 348 g/mol. The number of aromatic nitrogens is 1. The minimum atomic E-state index is -0.976. The second-order valence-corrected chi connectivity index (χ2v) is 6.21. The van der Waals surface area contributed by atoms with Crippen LogP contribution in [-0.2, 0) is 11.3 Å². The minimum absolute atomic E-state index is 0.213. The summed E-state index contributed by atoms with van der Waals surface area (Å²) in [5, 5.41) is 14.4. The zero-order chi connectivity index (χ0) is 19.2. The predicted molar refractivity (Wildman–Crippen MR) is 101 cm³/mol. The number of pyridine rings is 1. The first-order chi connectivity index (χ1) is 13.0. The molecule has 1 aliphatic rings. The molecule has 2 heterocycles. The van der Waals surface area contributed by atoms with Crippen molar-refractivity contribution in [3.8, 4) is 0 Å². The number of carboxylic acid groups (broad SMARTS) is 1. The van der Waals surface area contributed by atoms with Crippen LogP contribution in [0.1, 0.15) is 21.6 Å². The maximum Gasteiger partial charge on any atom is 0.335 e. The number of nitrogens with zero attached hydrogens (tertiary/aromatic N) is 2. The summed E-state index contributed by atoms with van der Waals surface area (Å²) in [6.07, 6.45) is 0. The minimum Gasteiger partial charge on any atom is -0.478 e. The fourth-order valence-electron chi connectivity index (χ4n) is 2.76. The van der Waals surface area contributed by atoms with Crippen molar-refractivity contribution >= 4 is 23.5 Å². The number of hydrogen-bond acceptors (Lipinski definition) is 5. The van der Waals surface area contributed by atoms with Crippen molar-refractivity contribution in [1.82, 2.24) is 10.3 Å². The van der Waals surface area contributed by atoms with Gasteiger partial charge in [-0.05, 0) is 36.8 Å². The number of aryl methyl sites for hydroxylation is 1. The Labute approximate surface area is 157 Å². The molecule has 1 aromatic heterocycles. The molecule has 3 rings (SSSR count). The Bertz CT molecular complexity index is 817. The first kappa shape index (κ1) is 18.7. The van der Waals surface area contributed by atoms with Crippen molar-refractivity contribution in [2.45, 2.75) is 13.5 Å². The van der Waals surface area contributed by atoms with E-state index in [4.69, 9.17) is 9.84 Å². The molecule has 1 aromatic carbocycles. The summed E-state index contributed by atoms with van der Waals surface area (Å²) >= 11 is 0. The molecule has 0 aliphatic carbocycles. The third kappa shape index (κ3) is 4.95. The van der Waals surface area contributed by atoms with Crippen LogP contribution in [0, 0.1) is 6.92 Å². The molecule has 0 spiro atoms. The maximum absolute atomic E-state index is 12.1. The van der Waals surface area contributed by atoms with Crippen LogP contribution in [0.15, 0.2) is 36.4 Å². The molecule has 2 aromatic rings. The van der Waals surface area contributed by atoms with Crippen LogP contribution in [0.3, 0.4) is 0 Å². The number of rotatable bonds is 5. The van der Waals surface area contributed by atoms with Gasteiger partial charge in [0.1, 0.15) is 5.82 Å². The first-order valence-corrected chi connectivity index (χ1v) is 8.70. The van der Waals surface area contributed by atoms with Gasteiger partial charge in [-0.15, -0.1) is 0 Å². The quantitative estimate of drug-likeness (QED) is 0.746. The lowest BCUT2D eigenvalue weighted by Gasteiger charge is -2.28. The lowest BCUT2D eigenvalue weighted by Crippen LogP contribution is -2.36. The summed E-state index contributed by atoms with van der Waals surface area (Å²) < 4.78 is 5.35. The van der Waals surface area contributed by atoms with Crippen molar-refractivity contribution < 1.29 is 19.4 Å². The van der Waals surface area contributed by atoms with Gasteiger partial charge in [0.2, 0.25) is 0 Å². The number of carbonyl (C=O) groups is 2. The Morgan fingerprint density at radius 3 is 2.48 bits per heavy atom. The Hall–Kier alpha value is -3.13. The lowest BCUT2D eigenvalue weighted by molar-refractivity contribution is 0.0697. The van der Waals surface area contributed by atoms with Gasteiger partial charge in [-0.25, -0.2) is 14.6 Å². The van der Waals surface area contributed by atoms with E-state index in [1.54, 1.807) is 12.1 Å². The van der Waals surface area contributed by atoms with Crippen LogP contribution in [-0.4, -0.2) is 48.4 Å².